The molecule has 0 spiro atoms. The van der Waals surface area contributed by atoms with E-state index in [-0.39, 0.29) is 5.69 Å². The maximum atomic E-state index is 11.8. The summed E-state index contributed by atoms with van der Waals surface area (Å²) in [6.07, 6.45) is 1.35. The van der Waals surface area contributed by atoms with Crippen LogP contribution in [0.1, 0.15) is 16.1 Å². The van der Waals surface area contributed by atoms with Crippen LogP contribution in [0.2, 0.25) is 0 Å². The molecule has 21 heavy (non-hydrogen) atoms. The molecule has 1 aromatic heterocycles. The summed E-state index contributed by atoms with van der Waals surface area (Å²) in [5.41, 5.74) is 1.86. The second-order valence-electron chi connectivity index (χ2n) is 4.37. The standard InChI is InChI=1S/C14H13N3O4/c1-8-3-2-4-9(5-8)10-6-15-13(20)12(17-10)14(21)16-7-11(18)19/h2-6H,7H2,1H3,(H,15,20)(H,16,21)(H,18,19). The quantitative estimate of drug-likeness (QED) is 0.772. The van der Waals surface area contributed by atoms with Gasteiger partial charge >= 0.3 is 5.97 Å². The van der Waals surface area contributed by atoms with E-state index in [2.05, 4.69) is 15.3 Å². The summed E-state index contributed by atoms with van der Waals surface area (Å²) >= 11 is 0. The predicted octanol–water partition coefficient (Wildman–Crippen LogP) is 0.972. The summed E-state index contributed by atoms with van der Waals surface area (Å²) < 4.78 is 0. The fourth-order valence-corrected chi connectivity index (χ4v) is 1.72. The number of carboxylic acids is 1. The van der Waals surface area contributed by atoms with Gasteiger partial charge in [-0.1, -0.05) is 23.8 Å². The normalized spacial score (nSPS) is 10.1. The first kappa shape index (κ1) is 14.4. The van der Waals surface area contributed by atoms with E-state index in [4.69, 9.17) is 5.11 Å². The van der Waals surface area contributed by atoms with Gasteiger partial charge in [-0.05, 0) is 13.0 Å². The molecule has 2 rings (SSSR count). The zero-order valence-corrected chi connectivity index (χ0v) is 11.2. The van der Waals surface area contributed by atoms with E-state index in [9.17, 15) is 14.7 Å². The number of carboxylic acid groups (broad SMARTS) is 1. The Hall–Kier alpha value is -2.96. The molecule has 1 aromatic carbocycles. The molecule has 2 aromatic rings. The van der Waals surface area contributed by atoms with Gasteiger partial charge in [0, 0.05) is 5.56 Å². The molecule has 0 unspecified atom stereocenters. The number of carbonyl (C=O) groups excluding carboxylic acids is 1. The van der Waals surface area contributed by atoms with Crippen molar-refractivity contribution >= 4 is 11.9 Å². The lowest BCUT2D eigenvalue weighted by Gasteiger charge is -2.06. The minimum absolute atomic E-state index is 0.310. The van der Waals surface area contributed by atoms with E-state index in [1.807, 2.05) is 25.1 Å². The van der Waals surface area contributed by atoms with Gasteiger partial charge in [0.25, 0.3) is 5.91 Å². The molecular weight excluding hydrogens is 274 g/mol. The number of aliphatic carboxylic acids is 1. The molecule has 0 aliphatic heterocycles. The smallest absolute Gasteiger partial charge is 0.322 e. The van der Waals surface area contributed by atoms with Crippen LogP contribution in [-0.2, 0) is 4.79 Å². The number of carbonyl (C=O) groups is 2. The summed E-state index contributed by atoms with van der Waals surface area (Å²) in [7, 11) is 0. The first-order chi connectivity index (χ1) is 9.97. The molecule has 7 nitrogen and oxygen atoms in total. The number of benzene rings is 1. The zero-order valence-electron chi connectivity index (χ0n) is 11.2. The summed E-state index contributed by atoms with van der Waals surface area (Å²) in [5.74, 6) is -2.53. The van der Waals surface area contributed by atoms with Crippen LogP contribution in [0.3, 0.4) is 0 Å². The Morgan fingerprint density at radius 1 is 1.33 bits per heavy atom. The molecule has 7 heteroatoms. The van der Waals surface area contributed by atoms with Gasteiger partial charge in [0.1, 0.15) is 6.54 Å². The molecule has 1 heterocycles. The zero-order chi connectivity index (χ0) is 15.4. The van der Waals surface area contributed by atoms with Gasteiger partial charge in [0.15, 0.2) is 5.69 Å². The van der Waals surface area contributed by atoms with E-state index in [1.165, 1.54) is 6.20 Å². The third-order valence-corrected chi connectivity index (χ3v) is 2.68. The Morgan fingerprint density at radius 3 is 2.76 bits per heavy atom. The topological polar surface area (TPSA) is 112 Å². The second-order valence-corrected chi connectivity index (χ2v) is 4.37. The second kappa shape index (κ2) is 6.00. The molecule has 0 saturated carbocycles. The lowest BCUT2D eigenvalue weighted by atomic mass is 10.1. The highest BCUT2D eigenvalue weighted by molar-refractivity contribution is 5.96. The largest absolute Gasteiger partial charge is 0.492 e. The van der Waals surface area contributed by atoms with E-state index < -0.39 is 24.3 Å². The Bertz CT molecular complexity index is 700. The molecule has 0 aliphatic rings. The summed E-state index contributed by atoms with van der Waals surface area (Å²) in [4.78, 5) is 30.0. The van der Waals surface area contributed by atoms with Crippen molar-refractivity contribution in [3.8, 4) is 17.1 Å². The van der Waals surface area contributed by atoms with Crippen LogP contribution in [0.15, 0.2) is 30.5 Å². The number of nitrogens with zero attached hydrogens (tertiary/aromatic N) is 2. The highest BCUT2D eigenvalue weighted by atomic mass is 16.4. The van der Waals surface area contributed by atoms with Crippen molar-refractivity contribution in [3.05, 3.63) is 41.7 Å². The summed E-state index contributed by atoms with van der Waals surface area (Å²) in [5, 5.41) is 20.2. The molecule has 3 N–H and O–H groups in total. The number of aromatic nitrogens is 2. The molecular formula is C14H13N3O4. The molecule has 108 valence electrons. The SMILES string of the molecule is Cc1cccc(-c2cnc(O)c(C(=O)NCC(=O)O)n2)c1. The summed E-state index contributed by atoms with van der Waals surface area (Å²) in [6.45, 7) is 1.35. The molecule has 0 fully saturated rings. The molecule has 0 aliphatic carbocycles. The highest BCUT2D eigenvalue weighted by Crippen LogP contribution is 2.20. The van der Waals surface area contributed by atoms with E-state index in [1.54, 1.807) is 6.07 Å². The van der Waals surface area contributed by atoms with Crippen LogP contribution in [0.4, 0.5) is 0 Å². The minimum Gasteiger partial charge on any atom is -0.492 e. The van der Waals surface area contributed by atoms with Gasteiger partial charge in [-0.15, -0.1) is 0 Å². The van der Waals surface area contributed by atoms with Crippen LogP contribution < -0.4 is 5.32 Å². The minimum atomic E-state index is -1.19. The van der Waals surface area contributed by atoms with Gasteiger partial charge in [0.2, 0.25) is 5.88 Å². The Labute approximate surface area is 120 Å². The van der Waals surface area contributed by atoms with Crippen LogP contribution in [0.5, 0.6) is 5.88 Å². The van der Waals surface area contributed by atoms with Crippen molar-refractivity contribution in [2.24, 2.45) is 0 Å². The molecule has 0 radical (unpaired) electrons. The lowest BCUT2D eigenvalue weighted by Crippen LogP contribution is -2.30. The Kier molecular flexibility index (Phi) is 4.13. The fourth-order valence-electron chi connectivity index (χ4n) is 1.72. The van der Waals surface area contributed by atoms with Crippen LogP contribution >= 0.6 is 0 Å². The van der Waals surface area contributed by atoms with Crippen molar-refractivity contribution in [3.63, 3.8) is 0 Å². The van der Waals surface area contributed by atoms with Crippen LogP contribution in [0.25, 0.3) is 11.3 Å². The van der Waals surface area contributed by atoms with E-state index in [0.717, 1.165) is 11.1 Å². The van der Waals surface area contributed by atoms with Gasteiger partial charge in [-0.2, -0.15) is 0 Å². The fraction of sp³-hybridized carbons (Fsp3) is 0.143. The van der Waals surface area contributed by atoms with Crippen molar-refractivity contribution in [2.45, 2.75) is 6.92 Å². The first-order valence-electron chi connectivity index (χ1n) is 6.10. The van der Waals surface area contributed by atoms with Crippen molar-refractivity contribution in [1.29, 1.82) is 0 Å². The van der Waals surface area contributed by atoms with E-state index >= 15 is 0 Å². The highest BCUT2D eigenvalue weighted by Gasteiger charge is 2.16. The maximum absolute atomic E-state index is 11.8. The maximum Gasteiger partial charge on any atom is 0.322 e. The number of aromatic hydroxyl groups is 1. The molecule has 1 amide bonds. The van der Waals surface area contributed by atoms with Gasteiger partial charge < -0.3 is 15.5 Å². The number of aryl methyl sites for hydroxylation is 1. The molecule has 0 bridgehead atoms. The van der Waals surface area contributed by atoms with Gasteiger partial charge in [0.05, 0.1) is 11.9 Å². The number of hydrogen-bond acceptors (Lipinski definition) is 5. The van der Waals surface area contributed by atoms with Crippen molar-refractivity contribution < 1.29 is 19.8 Å². The average molecular weight is 287 g/mol. The molecule has 0 atom stereocenters. The number of rotatable bonds is 4. The average Bonchev–Trinajstić information content (AvgIpc) is 2.45. The third-order valence-electron chi connectivity index (χ3n) is 2.68. The Balaban J connectivity index is 2.33. The third kappa shape index (κ3) is 3.53. The molecule has 0 saturated heterocycles. The van der Waals surface area contributed by atoms with Crippen molar-refractivity contribution in [1.82, 2.24) is 15.3 Å². The van der Waals surface area contributed by atoms with Crippen LogP contribution in [0, 0.1) is 6.92 Å². The van der Waals surface area contributed by atoms with Crippen molar-refractivity contribution in [2.75, 3.05) is 6.54 Å². The van der Waals surface area contributed by atoms with Gasteiger partial charge in [-0.25, -0.2) is 9.97 Å². The first-order valence-corrected chi connectivity index (χ1v) is 6.10. The number of amides is 1. The summed E-state index contributed by atoms with van der Waals surface area (Å²) in [6, 6.07) is 7.41. The monoisotopic (exact) mass is 287 g/mol. The number of nitrogens with one attached hydrogen (secondary N) is 1. The predicted molar refractivity (Wildman–Crippen MR) is 73.8 cm³/mol. The number of hydrogen-bond donors (Lipinski definition) is 3. The van der Waals surface area contributed by atoms with Crippen LogP contribution in [-0.4, -0.2) is 38.6 Å². The van der Waals surface area contributed by atoms with E-state index in [0.29, 0.717) is 5.69 Å². The Morgan fingerprint density at radius 2 is 2.10 bits per heavy atom. The van der Waals surface area contributed by atoms with Gasteiger partial charge in [-0.3, -0.25) is 9.59 Å². The lowest BCUT2D eigenvalue weighted by molar-refractivity contribution is -0.135.